The predicted octanol–water partition coefficient (Wildman–Crippen LogP) is -3.97. The van der Waals surface area contributed by atoms with Gasteiger partial charge >= 0.3 is 11.9 Å². The summed E-state index contributed by atoms with van der Waals surface area (Å²) in [5.41, 5.74) is 16.2. The summed E-state index contributed by atoms with van der Waals surface area (Å²) >= 11 is 0. The van der Waals surface area contributed by atoms with Gasteiger partial charge in [0.1, 0.15) is 18.1 Å². The van der Waals surface area contributed by atoms with E-state index >= 15 is 0 Å². The van der Waals surface area contributed by atoms with Gasteiger partial charge < -0.3 is 48.5 Å². The number of rotatable bonds is 15. The first-order valence-electron chi connectivity index (χ1n) is 10.1. The van der Waals surface area contributed by atoms with E-state index in [-0.39, 0.29) is 18.9 Å². The number of hydrogen-bond donors (Lipinski definition) is 9. The van der Waals surface area contributed by atoms with E-state index in [1.807, 2.05) is 5.32 Å². The Morgan fingerprint density at radius 1 is 0.909 bits per heavy atom. The minimum absolute atomic E-state index is 0.0929. The van der Waals surface area contributed by atoms with Gasteiger partial charge in [-0.1, -0.05) is 13.8 Å². The van der Waals surface area contributed by atoms with Crippen LogP contribution >= 0.6 is 0 Å². The van der Waals surface area contributed by atoms with Gasteiger partial charge in [0.25, 0.3) is 0 Å². The first-order chi connectivity index (χ1) is 15.3. The molecule has 0 saturated heterocycles. The quantitative estimate of drug-likeness (QED) is 0.0625. The van der Waals surface area contributed by atoms with Crippen molar-refractivity contribution >= 4 is 35.6 Å². The van der Waals surface area contributed by atoms with Crippen LogP contribution in [0.4, 0.5) is 0 Å². The number of carbonyl (C=O) groups excluding carboxylic acids is 3. The molecular formula is C18H33N7O8. The van der Waals surface area contributed by atoms with Crippen molar-refractivity contribution in [1.82, 2.24) is 16.0 Å². The third kappa shape index (κ3) is 11.6. The van der Waals surface area contributed by atoms with Crippen LogP contribution in [0.2, 0.25) is 0 Å². The van der Waals surface area contributed by atoms with E-state index in [0.29, 0.717) is 6.42 Å². The van der Waals surface area contributed by atoms with Crippen molar-refractivity contribution in [3.63, 3.8) is 0 Å². The number of carbonyl (C=O) groups is 5. The average molecular weight is 476 g/mol. The molecule has 0 fully saturated rings. The van der Waals surface area contributed by atoms with Crippen LogP contribution in [0, 0.1) is 5.92 Å². The van der Waals surface area contributed by atoms with E-state index < -0.39 is 72.8 Å². The fourth-order valence-electron chi connectivity index (χ4n) is 2.55. The molecule has 188 valence electrons. The normalized spacial score (nSPS) is 14.3. The molecule has 0 aliphatic carbocycles. The Kier molecular flexibility index (Phi) is 13.0. The van der Waals surface area contributed by atoms with Gasteiger partial charge in [-0.05, 0) is 18.8 Å². The summed E-state index contributed by atoms with van der Waals surface area (Å²) in [5.74, 6) is -6.17. The Morgan fingerprint density at radius 2 is 1.48 bits per heavy atom. The lowest BCUT2D eigenvalue weighted by molar-refractivity contribution is -0.147. The molecule has 3 amide bonds. The van der Waals surface area contributed by atoms with Gasteiger partial charge in [-0.25, -0.2) is 4.79 Å². The lowest BCUT2D eigenvalue weighted by Crippen LogP contribution is -2.59. The average Bonchev–Trinajstić information content (AvgIpc) is 2.71. The third-order valence-electron chi connectivity index (χ3n) is 4.36. The zero-order chi connectivity index (χ0) is 25.7. The van der Waals surface area contributed by atoms with Crippen LogP contribution in [0.15, 0.2) is 4.99 Å². The molecule has 0 aliphatic heterocycles. The van der Waals surface area contributed by atoms with E-state index in [1.165, 1.54) is 0 Å². The number of aliphatic hydroxyl groups excluding tert-OH is 1. The summed E-state index contributed by atoms with van der Waals surface area (Å²) in [6.45, 7) is 2.61. The number of aliphatic imine (C=N–C) groups is 1. The second kappa shape index (κ2) is 14.6. The lowest BCUT2D eigenvalue weighted by atomic mass is 10.0. The van der Waals surface area contributed by atoms with Crippen LogP contribution in [-0.2, 0) is 24.0 Å². The van der Waals surface area contributed by atoms with E-state index in [2.05, 4.69) is 15.6 Å². The largest absolute Gasteiger partial charge is 0.481 e. The fourth-order valence-corrected chi connectivity index (χ4v) is 2.55. The molecule has 0 aliphatic rings. The SMILES string of the molecule is CC(C)C(NC(=O)C(N)CCCN=C(N)N)C(=O)NC(CO)C(=O)NC(CC(=O)O)C(=O)O. The molecule has 0 spiro atoms. The molecule has 15 heteroatoms. The molecule has 15 nitrogen and oxygen atoms in total. The Labute approximate surface area is 190 Å². The molecule has 0 radical (unpaired) electrons. The van der Waals surface area contributed by atoms with Gasteiger partial charge in [0, 0.05) is 6.54 Å². The van der Waals surface area contributed by atoms with Gasteiger partial charge in [0.2, 0.25) is 17.7 Å². The number of nitrogens with one attached hydrogen (secondary N) is 3. The first-order valence-corrected chi connectivity index (χ1v) is 10.1. The van der Waals surface area contributed by atoms with E-state index in [1.54, 1.807) is 13.8 Å². The Morgan fingerprint density at radius 3 is 1.94 bits per heavy atom. The third-order valence-corrected chi connectivity index (χ3v) is 4.36. The molecule has 0 aromatic heterocycles. The molecule has 0 aromatic carbocycles. The highest BCUT2D eigenvalue weighted by atomic mass is 16.4. The van der Waals surface area contributed by atoms with Gasteiger partial charge in [0.05, 0.1) is 19.1 Å². The van der Waals surface area contributed by atoms with Crippen LogP contribution in [0.25, 0.3) is 0 Å². The van der Waals surface area contributed by atoms with Crippen LogP contribution in [0.1, 0.15) is 33.1 Å². The van der Waals surface area contributed by atoms with E-state index in [0.717, 1.165) is 0 Å². The Hall–Kier alpha value is -3.46. The molecule has 4 unspecified atom stereocenters. The van der Waals surface area contributed by atoms with E-state index in [9.17, 15) is 29.1 Å². The number of carboxylic acids is 2. The van der Waals surface area contributed by atoms with Crippen molar-refractivity contribution in [1.29, 1.82) is 0 Å². The lowest BCUT2D eigenvalue weighted by Gasteiger charge is -2.26. The van der Waals surface area contributed by atoms with Crippen molar-refractivity contribution in [2.45, 2.75) is 57.3 Å². The zero-order valence-electron chi connectivity index (χ0n) is 18.5. The van der Waals surface area contributed by atoms with Crippen molar-refractivity contribution in [2.24, 2.45) is 28.1 Å². The molecule has 0 bridgehead atoms. The van der Waals surface area contributed by atoms with Gasteiger partial charge in [-0.3, -0.25) is 24.2 Å². The van der Waals surface area contributed by atoms with Crippen molar-refractivity contribution < 1.29 is 39.3 Å². The summed E-state index contributed by atoms with van der Waals surface area (Å²) in [6.07, 6.45) is -0.255. The molecule has 0 heterocycles. The first kappa shape index (κ1) is 29.5. The number of carboxylic acid groups (broad SMARTS) is 2. The van der Waals surface area contributed by atoms with Crippen LogP contribution < -0.4 is 33.2 Å². The number of guanidine groups is 1. The second-order valence-electron chi connectivity index (χ2n) is 7.53. The van der Waals surface area contributed by atoms with Crippen molar-refractivity contribution in [3.8, 4) is 0 Å². The summed E-state index contributed by atoms with van der Waals surface area (Å²) in [4.78, 5) is 62.9. The van der Waals surface area contributed by atoms with Crippen LogP contribution in [-0.4, -0.2) is 88.3 Å². The predicted molar refractivity (Wildman–Crippen MR) is 115 cm³/mol. The topological polar surface area (TPSA) is 273 Å². The zero-order valence-corrected chi connectivity index (χ0v) is 18.5. The second-order valence-corrected chi connectivity index (χ2v) is 7.53. The molecule has 12 N–H and O–H groups in total. The Bertz CT molecular complexity index is 739. The highest BCUT2D eigenvalue weighted by molar-refractivity contribution is 5.94. The van der Waals surface area contributed by atoms with Crippen molar-refractivity contribution in [2.75, 3.05) is 13.2 Å². The molecule has 0 rings (SSSR count). The standard InChI is InChI=1S/C18H33N7O8/c1-8(2)13(25-14(29)9(19)4-3-5-22-18(20)21)16(31)24-11(7-26)15(30)23-10(17(32)33)6-12(27)28/h8-11,13,26H,3-7,19H2,1-2H3,(H,23,30)(H,24,31)(H,25,29)(H,27,28)(H,32,33)(H4,20,21,22). The Balaban J connectivity index is 5.08. The molecular weight excluding hydrogens is 442 g/mol. The summed E-state index contributed by atoms with van der Waals surface area (Å²) < 4.78 is 0. The van der Waals surface area contributed by atoms with Gasteiger partial charge in [-0.2, -0.15) is 0 Å². The summed E-state index contributed by atoms with van der Waals surface area (Å²) in [7, 11) is 0. The number of nitrogens with two attached hydrogens (primary N) is 3. The maximum Gasteiger partial charge on any atom is 0.326 e. The van der Waals surface area contributed by atoms with Crippen molar-refractivity contribution in [3.05, 3.63) is 0 Å². The molecule has 0 saturated carbocycles. The molecule has 4 atom stereocenters. The van der Waals surface area contributed by atoms with Crippen LogP contribution in [0.5, 0.6) is 0 Å². The molecule has 33 heavy (non-hydrogen) atoms. The minimum atomic E-state index is -1.77. The monoisotopic (exact) mass is 475 g/mol. The molecule has 0 aromatic rings. The van der Waals surface area contributed by atoms with Crippen LogP contribution in [0.3, 0.4) is 0 Å². The smallest absolute Gasteiger partial charge is 0.326 e. The highest BCUT2D eigenvalue weighted by Gasteiger charge is 2.31. The maximum atomic E-state index is 12.6. The number of aliphatic carboxylic acids is 2. The summed E-state index contributed by atoms with van der Waals surface area (Å²) in [5, 5.41) is 33.8. The minimum Gasteiger partial charge on any atom is -0.481 e. The van der Waals surface area contributed by atoms with E-state index in [4.69, 9.17) is 27.4 Å². The number of aliphatic hydroxyl groups is 1. The fraction of sp³-hybridized carbons (Fsp3) is 0.667. The van der Waals surface area contributed by atoms with Gasteiger partial charge in [-0.15, -0.1) is 0 Å². The van der Waals surface area contributed by atoms with Gasteiger partial charge in [0.15, 0.2) is 5.96 Å². The number of hydrogen-bond acceptors (Lipinski definition) is 8. The number of amides is 3. The number of nitrogens with zero attached hydrogens (tertiary/aromatic N) is 1. The highest BCUT2D eigenvalue weighted by Crippen LogP contribution is 2.05. The maximum absolute atomic E-state index is 12.6. The summed E-state index contributed by atoms with van der Waals surface area (Å²) in [6, 6.07) is -5.44.